The molecule has 2 fully saturated rings. The van der Waals surface area contributed by atoms with E-state index < -0.39 is 5.60 Å². The van der Waals surface area contributed by atoms with Gasteiger partial charge in [0.1, 0.15) is 17.1 Å². The molecule has 8 nitrogen and oxygen atoms in total. The second-order valence-corrected chi connectivity index (χ2v) is 12.5. The predicted molar refractivity (Wildman–Crippen MR) is 172 cm³/mol. The average Bonchev–Trinajstić information content (AvgIpc) is 3.84. The number of benzene rings is 1. The first-order valence-corrected chi connectivity index (χ1v) is 15.2. The normalized spacial score (nSPS) is 25.7. The third-order valence-corrected chi connectivity index (χ3v) is 7.86. The average molecular weight is 587 g/mol. The maximum Gasteiger partial charge on any atom is 0.357 e. The number of fused-ring (bicyclic) bond motifs is 2. The Hall–Kier alpha value is -3.94. The van der Waals surface area contributed by atoms with Gasteiger partial charge < -0.3 is 14.4 Å². The zero-order chi connectivity index (χ0) is 31.5. The van der Waals surface area contributed by atoms with Crippen molar-refractivity contribution >= 4 is 23.6 Å². The molecule has 4 aliphatic rings. The summed E-state index contributed by atoms with van der Waals surface area (Å²) in [5, 5.41) is 0. The molecule has 43 heavy (non-hydrogen) atoms. The number of hydrogen-bond donors (Lipinski definition) is 0. The fourth-order valence-corrected chi connectivity index (χ4v) is 5.54. The lowest BCUT2D eigenvalue weighted by atomic mass is 9.99. The Balaban J connectivity index is 0.000000195. The molecule has 0 amide bonds. The molecular weight excluding hydrogens is 540 g/mol. The molecule has 0 bridgehead atoms. The molecule has 0 spiro atoms. The molecule has 0 radical (unpaired) electrons. The van der Waals surface area contributed by atoms with Gasteiger partial charge in [0.25, 0.3) is 0 Å². The highest BCUT2D eigenvalue weighted by atomic mass is 16.6. The molecule has 0 N–H and O–H groups in total. The third kappa shape index (κ3) is 7.17. The molecule has 8 heteroatoms. The Labute approximate surface area is 256 Å². The SMILES string of the molecule is CC.CC(=O)C12C=CC(Oc3ccccc3)=NC1C2.Cc1nc(N(C)C)n(C2C=CC=CC3CC32)c1C(=O)OC(C)(C)C. The van der Waals surface area contributed by atoms with E-state index in [4.69, 9.17) is 9.47 Å². The molecule has 5 atom stereocenters. The van der Waals surface area contributed by atoms with Gasteiger partial charge in [0.2, 0.25) is 11.8 Å². The Morgan fingerprint density at radius 1 is 1.07 bits per heavy atom. The number of Topliss-reactive ketones (excluding diaryl/α,β-unsaturated/α-hetero) is 1. The second kappa shape index (κ2) is 12.7. The van der Waals surface area contributed by atoms with Crippen LogP contribution in [-0.4, -0.2) is 52.9 Å². The van der Waals surface area contributed by atoms with E-state index in [1.54, 1.807) is 13.0 Å². The molecule has 6 rings (SSSR count). The maximum atomic E-state index is 12.8. The number of nitrogens with zero attached hydrogens (tertiary/aromatic N) is 4. The zero-order valence-corrected chi connectivity index (χ0v) is 27.0. The number of anilines is 1. The monoisotopic (exact) mass is 586 g/mol. The highest BCUT2D eigenvalue weighted by molar-refractivity contribution is 5.97. The Bertz CT molecular complexity index is 1440. The van der Waals surface area contributed by atoms with E-state index >= 15 is 0 Å². The molecule has 1 aromatic heterocycles. The van der Waals surface area contributed by atoms with Gasteiger partial charge in [-0.2, -0.15) is 0 Å². The fraction of sp³-hybridized carbons (Fsp3) is 0.486. The molecule has 3 aliphatic carbocycles. The summed E-state index contributed by atoms with van der Waals surface area (Å²) in [5.74, 6) is 3.17. The molecule has 2 saturated carbocycles. The molecule has 230 valence electrons. The maximum absolute atomic E-state index is 12.8. The number of carbonyl (C=O) groups is 2. The summed E-state index contributed by atoms with van der Waals surface area (Å²) in [6.07, 6.45) is 14.3. The van der Waals surface area contributed by atoms with Crippen molar-refractivity contribution in [3.8, 4) is 5.75 Å². The fourth-order valence-electron chi connectivity index (χ4n) is 5.54. The van der Waals surface area contributed by atoms with Crippen LogP contribution in [0.5, 0.6) is 5.75 Å². The van der Waals surface area contributed by atoms with E-state index in [9.17, 15) is 9.59 Å². The molecule has 0 saturated heterocycles. The Morgan fingerprint density at radius 2 is 1.74 bits per heavy atom. The van der Waals surface area contributed by atoms with Gasteiger partial charge in [-0.05, 0) is 77.5 Å². The lowest BCUT2D eigenvalue weighted by Gasteiger charge is -2.25. The van der Waals surface area contributed by atoms with Gasteiger partial charge in [-0.25, -0.2) is 14.8 Å². The zero-order valence-electron chi connectivity index (χ0n) is 27.0. The number of esters is 1. The van der Waals surface area contributed by atoms with Crippen molar-refractivity contribution in [2.75, 3.05) is 19.0 Å². The van der Waals surface area contributed by atoms with E-state index in [0.29, 0.717) is 23.4 Å². The number of allylic oxidation sites excluding steroid dienone is 4. The van der Waals surface area contributed by atoms with E-state index in [1.807, 2.05) is 96.9 Å². The van der Waals surface area contributed by atoms with Crippen molar-refractivity contribution in [2.45, 2.75) is 79.0 Å². The third-order valence-electron chi connectivity index (χ3n) is 7.86. The van der Waals surface area contributed by atoms with Crippen LogP contribution in [-0.2, 0) is 9.53 Å². The van der Waals surface area contributed by atoms with Gasteiger partial charge in [-0.3, -0.25) is 9.36 Å². The number of aromatic nitrogens is 2. The van der Waals surface area contributed by atoms with Gasteiger partial charge in [-0.15, -0.1) is 0 Å². The van der Waals surface area contributed by atoms with Gasteiger partial charge >= 0.3 is 5.97 Å². The van der Waals surface area contributed by atoms with Crippen LogP contribution in [0.2, 0.25) is 0 Å². The van der Waals surface area contributed by atoms with Crippen LogP contribution in [0.3, 0.4) is 0 Å². The van der Waals surface area contributed by atoms with Crippen LogP contribution in [0.15, 0.2) is 71.8 Å². The second-order valence-electron chi connectivity index (χ2n) is 12.5. The van der Waals surface area contributed by atoms with E-state index in [2.05, 4.69) is 38.8 Å². The van der Waals surface area contributed by atoms with Crippen LogP contribution in [0.1, 0.15) is 76.6 Å². The summed E-state index contributed by atoms with van der Waals surface area (Å²) in [4.78, 5) is 35.4. The van der Waals surface area contributed by atoms with Gasteiger partial charge in [-0.1, -0.05) is 62.4 Å². The smallest absolute Gasteiger partial charge is 0.357 e. The van der Waals surface area contributed by atoms with Crippen LogP contribution < -0.4 is 9.64 Å². The number of hydrogen-bond acceptors (Lipinski definition) is 7. The lowest BCUT2D eigenvalue weighted by molar-refractivity contribution is -0.120. The predicted octanol–water partition coefficient (Wildman–Crippen LogP) is 6.92. The van der Waals surface area contributed by atoms with Gasteiger partial charge in [0, 0.05) is 14.1 Å². The number of rotatable bonds is 5. The van der Waals surface area contributed by atoms with Crippen LogP contribution >= 0.6 is 0 Å². The Morgan fingerprint density at radius 3 is 2.35 bits per heavy atom. The number of dihydropyridines is 1. The molecule has 2 heterocycles. The highest BCUT2D eigenvalue weighted by Gasteiger charge is 2.58. The number of carbonyl (C=O) groups excluding carboxylic acids is 2. The number of imidazole rings is 1. The van der Waals surface area contributed by atoms with Gasteiger partial charge in [0.05, 0.1) is 23.2 Å². The van der Waals surface area contributed by atoms with Crippen molar-refractivity contribution in [2.24, 2.45) is 22.2 Å². The molecule has 2 aromatic rings. The summed E-state index contributed by atoms with van der Waals surface area (Å²) in [5.41, 5.74) is 0.440. The summed E-state index contributed by atoms with van der Waals surface area (Å²) >= 11 is 0. The summed E-state index contributed by atoms with van der Waals surface area (Å²) in [6.45, 7) is 13.2. The number of ketones is 1. The van der Waals surface area contributed by atoms with E-state index in [1.165, 1.54) is 0 Å². The van der Waals surface area contributed by atoms with Crippen LogP contribution in [0.25, 0.3) is 0 Å². The first kappa shape index (κ1) is 32.0. The van der Waals surface area contributed by atoms with Crippen molar-refractivity contribution in [3.63, 3.8) is 0 Å². The number of aryl methyl sites for hydroxylation is 1. The first-order chi connectivity index (χ1) is 20.4. The topological polar surface area (TPSA) is 86.0 Å². The van der Waals surface area contributed by atoms with Gasteiger partial charge in [0.15, 0.2) is 5.69 Å². The van der Waals surface area contributed by atoms with Crippen molar-refractivity contribution in [3.05, 3.63) is 78.2 Å². The summed E-state index contributed by atoms with van der Waals surface area (Å²) in [6, 6.07) is 9.76. The van der Waals surface area contributed by atoms with Crippen molar-refractivity contribution < 1.29 is 19.1 Å². The standard InChI is InChI=1S/C19H27N3O2.C14H13NO2.C2H6/c1-12-16(17(23)24-19(2,3)4)22(18(20-12)21(5)6)15-10-8-7-9-13-11-14(13)15;1-10(16)14-8-7-13(15-12(14)9-14)17-11-5-3-2-4-6-11;1-2/h7-10,13-15H,11H2,1-6H3;2-8,12H,9H2,1H3;1-2H3. The number of para-hydroxylation sites is 1. The van der Waals surface area contributed by atoms with Crippen LogP contribution in [0.4, 0.5) is 5.95 Å². The van der Waals surface area contributed by atoms with Crippen LogP contribution in [0, 0.1) is 24.2 Å². The van der Waals surface area contributed by atoms with E-state index in [-0.39, 0.29) is 29.3 Å². The minimum absolute atomic E-state index is 0.0868. The quantitative estimate of drug-likeness (QED) is 0.354. The number of aliphatic imine (C=N–C) groups is 1. The minimum Gasteiger partial charge on any atom is -0.455 e. The molecule has 5 unspecified atom stereocenters. The lowest BCUT2D eigenvalue weighted by Crippen LogP contribution is -2.28. The molecular formula is C35H46N4O4. The number of ether oxygens (including phenoxy) is 2. The summed E-state index contributed by atoms with van der Waals surface area (Å²) < 4.78 is 13.3. The largest absolute Gasteiger partial charge is 0.455 e. The van der Waals surface area contributed by atoms with Crippen molar-refractivity contribution in [1.82, 2.24) is 9.55 Å². The Kier molecular flexibility index (Phi) is 9.47. The molecule has 1 aliphatic heterocycles. The summed E-state index contributed by atoms with van der Waals surface area (Å²) in [7, 11) is 3.92. The first-order valence-electron chi connectivity index (χ1n) is 15.2. The van der Waals surface area contributed by atoms with E-state index in [0.717, 1.165) is 30.2 Å². The van der Waals surface area contributed by atoms with Crippen molar-refractivity contribution in [1.29, 1.82) is 0 Å². The molecule has 1 aromatic carbocycles. The minimum atomic E-state index is -0.528. The highest BCUT2D eigenvalue weighted by Crippen LogP contribution is 2.52.